The van der Waals surface area contributed by atoms with Gasteiger partial charge in [-0.3, -0.25) is 10.1 Å². The quantitative estimate of drug-likeness (QED) is 0.281. The maximum atomic E-state index is 11.6. The van der Waals surface area contributed by atoms with Crippen molar-refractivity contribution < 1.29 is 14.4 Å². The first kappa shape index (κ1) is 24.5. The first-order valence-electron chi connectivity index (χ1n) is 10.7. The predicted octanol–water partition coefficient (Wildman–Crippen LogP) is 3.83. The van der Waals surface area contributed by atoms with Crippen LogP contribution in [-0.4, -0.2) is 54.1 Å². The second-order valence-corrected chi connectivity index (χ2v) is 7.57. The molecular weight excluding hydrogens is 438 g/mol. The summed E-state index contributed by atoms with van der Waals surface area (Å²) in [4.78, 5) is 21.5. The summed E-state index contributed by atoms with van der Waals surface area (Å²) < 4.78 is 10.9. The lowest BCUT2D eigenvalue weighted by Gasteiger charge is -2.26. The Morgan fingerprint density at radius 3 is 2.47 bits per heavy atom. The van der Waals surface area contributed by atoms with Crippen LogP contribution in [0.3, 0.4) is 0 Å². The molecule has 0 radical (unpaired) electrons. The fraction of sp³-hybridized carbons (Fsp3) is 0.304. The van der Waals surface area contributed by atoms with Crippen LogP contribution in [-0.2, 0) is 0 Å². The van der Waals surface area contributed by atoms with E-state index < -0.39 is 10.6 Å². The van der Waals surface area contributed by atoms with Gasteiger partial charge in [0.1, 0.15) is 11.5 Å². The van der Waals surface area contributed by atoms with Crippen molar-refractivity contribution in [1.82, 2.24) is 14.9 Å². The second kappa shape index (κ2) is 11.1. The average Bonchev–Trinajstić information content (AvgIpc) is 2.80. The molecule has 0 saturated carbocycles. The number of nitrogens with two attached hydrogens (primary N) is 1. The average molecular weight is 468 g/mol. The van der Waals surface area contributed by atoms with Crippen molar-refractivity contribution in [2.75, 3.05) is 50.7 Å². The van der Waals surface area contributed by atoms with Crippen LogP contribution in [0.2, 0.25) is 0 Å². The van der Waals surface area contributed by atoms with Gasteiger partial charge in [-0.25, -0.2) is 0 Å². The maximum Gasteiger partial charge on any atom is 0.353 e. The summed E-state index contributed by atoms with van der Waals surface area (Å²) in [6, 6.07) is 14.6. The SMILES string of the molecule is CCOc1ccc(Nc2nc(NC[C@H](c3ccccc3OC)N(C)C)nc(N)c2[N+](=O)[O-])cc1. The normalized spacial score (nSPS) is 11.7. The summed E-state index contributed by atoms with van der Waals surface area (Å²) in [5, 5.41) is 17.8. The van der Waals surface area contributed by atoms with Gasteiger partial charge < -0.3 is 30.7 Å². The third-order valence-electron chi connectivity index (χ3n) is 5.10. The molecule has 0 aliphatic carbocycles. The maximum absolute atomic E-state index is 11.6. The fourth-order valence-electron chi connectivity index (χ4n) is 3.46. The van der Waals surface area contributed by atoms with Crippen molar-refractivity contribution in [3.05, 3.63) is 64.2 Å². The standard InChI is InChI=1S/C23H29N7O4/c1-5-34-16-12-10-15(11-13-16)26-22-20(30(31)32)21(24)27-23(28-22)25-14-18(29(2)3)17-8-6-7-9-19(17)33-4/h6-13,18H,5,14H2,1-4H3,(H4,24,25,26,27,28)/t18-/m1/s1. The number of anilines is 4. The van der Waals surface area contributed by atoms with E-state index in [-0.39, 0.29) is 23.6 Å². The van der Waals surface area contributed by atoms with Gasteiger partial charge in [0.25, 0.3) is 0 Å². The number of nitrogens with one attached hydrogen (secondary N) is 2. The van der Waals surface area contributed by atoms with Crippen LogP contribution in [0.15, 0.2) is 48.5 Å². The van der Waals surface area contributed by atoms with Crippen LogP contribution in [0.25, 0.3) is 0 Å². The molecule has 3 rings (SSSR count). The Balaban J connectivity index is 1.87. The van der Waals surface area contributed by atoms with E-state index in [0.29, 0.717) is 24.6 Å². The Kier molecular flexibility index (Phi) is 8.04. The van der Waals surface area contributed by atoms with Gasteiger partial charge in [0, 0.05) is 17.8 Å². The zero-order valence-corrected chi connectivity index (χ0v) is 19.6. The van der Waals surface area contributed by atoms with Crippen molar-refractivity contribution in [2.45, 2.75) is 13.0 Å². The highest BCUT2D eigenvalue weighted by Crippen LogP contribution is 2.33. The fourth-order valence-corrected chi connectivity index (χ4v) is 3.46. The lowest BCUT2D eigenvalue weighted by molar-refractivity contribution is -0.383. The zero-order chi connectivity index (χ0) is 24.7. The minimum absolute atomic E-state index is 0.0112. The molecule has 180 valence electrons. The molecule has 11 nitrogen and oxygen atoms in total. The second-order valence-electron chi connectivity index (χ2n) is 7.57. The van der Waals surface area contributed by atoms with E-state index in [1.165, 1.54) is 0 Å². The molecule has 4 N–H and O–H groups in total. The number of aromatic nitrogens is 2. The van der Waals surface area contributed by atoms with Gasteiger partial charge in [-0.15, -0.1) is 0 Å². The van der Waals surface area contributed by atoms with Crippen LogP contribution in [0.1, 0.15) is 18.5 Å². The van der Waals surface area contributed by atoms with Crippen molar-refractivity contribution in [3.63, 3.8) is 0 Å². The van der Waals surface area contributed by atoms with E-state index in [1.807, 2.05) is 50.2 Å². The van der Waals surface area contributed by atoms with Gasteiger partial charge in [-0.1, -0.05) is 18.2 Å². The number of hydrogen-bond donors (Lipinski definition) is 3. The van der Waals surface area contributed by atoms with E-state index in [2.05, 4.69) is 20.6 Å². The number of likely N-dealkylation sites (N-methyl/N-ethyl adjacent to an activating group) is 1. The highest BCUT2D eigenvalue weighted by molar-refractivity contribution is 5.74. The summed E-state index contributed by atoms with van der Waals surface area (Å²) >= 11 is 0. The topological polar surface area (TPSA) is 141 Å². The zero-order valence-electron chi connectivity index (χ0n) is 19.6. The van der Waals surface area contributed by atoms with Crippen LogP contribution in [0.5, 0.6) is 11.5 Å². The summed E-state index contributed by atoms with van der Waals surface area (Å²) in [5.41, 5.74) is 7.12. The third-order valence-corrected chi connectivity index (χ3v) is 5.10. The summed E-state index contributed by atoms with van der Waals surface area (Å²) in [6.45, 7) is 2.84. The van der Waals surface area contributed by atoms with Gasteiger partial charge in [-0.2, -0.15) is 9.97 Å². The lowest BCUT2D eigenvalue weighted by atomic mass is 10.0. The Hall–Kier alpha value is -4.12. The van der Waals surface area contributed by atoms with Crippen LogP contribution >= 0.6 is 0 Å². The number of nitrogen functional groups attached to an aromatic ring is 1. The number of hydrogen-bond acceptors (Lipinski definition) is 10. The Bertz CT molecular complexity index is 1120. The molecule has 1 atom stereocenters. The van der Waals surface area contributed by atoms with E-state index in [4.69, 9.17) is 15.2 Å². The molecule has 11 heteroatoms. The van der Waals surface area contributed by atoms with Gasteiger partial charge in [0.05, 0.1) is 24.7 Å². The highest BCUT2D eigenvalue weighted by atomic mass is 16.6. The largest absolute Gasteiger partial charge is 0.496 e. The molecule has 2 aromatic carbocycles. The molecule has 34 heavy (non-hydrogen) atoms. The van der Waals surface area contributed by atoms with Gasteiger partial charge in [0.2, 0.25) is 17.6 Å². The smallest absolute Gasteiger partial charge is 0.353 e. The molecule has 0 amide bonds. The molecule has 0 unspecified atom stereocenters. The molecule has 0 bridgehead atoms. The Labute approximate surface area is 198 Å². The number of rotatable bonds is 11. The lowest BCUT2D eigenvalue weighted by Crippen LogP contribution is -2.28. The molecule has 0 fully saturated rings. The molecular formula is C23H29N7O4. The van der Waals surface area contributed by atoms with E-state index in [9.17, 15) is 10.1 Å². The Morgan fingerprint density at radius 2 is 1.85 bits per heavy atom. The molecule has 0 spiro atoms. The van der Waals surface area contributed by atoms with E-state index in [1.54, 1.807) is 31.4 Å². The van der Waals surface area contributed by atoms with Gasteiger partial charge in [0.15, 0.2) is 0 Å². The number of para-hydroxylation sites is 1. The van der Waals surface area contributed by atoms with Crippen molar-refractivity contribution in [3.8, 4) is 11.5 Å². The molecule has 0 aliphatic rings. The number of nitrogens with zero attached hydrogens (tertiary/aromatic N) is 4. The number of methoxy groups -OCH3 is 1. The molecule has 1 aromatic heterocycles. The number of benzene rings is 2. The summed E-state index contributed by atoms with van der Waals surface area (Å²) in [6.07, 6.45) is 0. The molecule has 0 aliphatic heterocycles. The number of ether oxygens (including phenoxy) is 2. The Morgan fingerprint density at radius 1 is 1.15 bits per heavy atom. The van der Waals surface area contributed by atoms with Gasteiger partial charge >= 0.3 is 5.69 Å². The first-order valence-corrected chi connectivity index (χ1v) is 10.7. The van der Waals surface area contributed by atoms with Crippen molar-refractivity contribution >= 4 is 29.0 Å². The van der Waals surface area contributed by atoms with Crippen molar-refractivity contribution in [1.29, 1.82) is 0 Å². The highest BCUT2D eigenvalue weighted by Gasteiger charge is 2.24. The molecule has 3 aromatic rings. The van der Waals surface area contributed by atoms with E-state index >= 15 is 0 Å². The van der Waals surface area contributed by atoms with Crippen LogP contribution < -0.4 is 25.8 Å². The predicted molar refractivity (Wildman–Crippen MR) is 132 cm³/mol. The van der Waals surface area contributed by atoms with E-state index in [0.717, 1.165) is 11.3 Å². The minimum Gasteiger partial charge on any atom is -0.496 e. The summed E-state index contributed by atoms with van der Waals surface area (Å²) in [5.74, 6) is 1.36. The van der Waals surface area contributed by atoms with Crippen LogP contribution in [0, 0.1) is 10.1 Å². The van der Waals surface area contributed by atoms with Gasteiger partial charge in [-0.05, 0) is 51.4 Å². The third kappa shape index (κ3) is 5.81. The minimum atomic E-state index is -0.604. The molecule has 0 saturated heterocycles. The molecule has 1 heterocycles. The monoisotopic (exact) mass is 467 g/mol. The summed E-state index contributed by atoms with van der Waals surface area (Å²) in [7, 11) is 5.52. The first-order chi connectivity index (χ1) is 16.3. The van der Waals surface area contributed by atoms with Crippen molar-refractivity contribution in [2.24, 2.45) is 0 Å². The number of nitro groups is 1. The van der Waals surface area contributed by atoms with Crippen LogP contribution in [0.4, 0.5) is 29.0 Å².